The first-order valence-electron chi connectivity index (χ1n) is 4.09. The maximum absolute atomic E-state index is 5.47. The van der Waals surface area contributed by atoms with Gasteiger partial charge in [0.1, 0.15) is 5.82 Å². The number of hydrogen-bond acceptors (Lipinski definition) is 3. The van der Waals surface area contributed by atoms with E-state index in [4.69, 9.17) is 5.73 Å². The summed E-state index contributed by atoms with van der Waals surface area (Å²) in [5, 5.41) is 6.73. The van der Waals surface area contributed by atoms with Crippen LogP contribution in [0.15, 0.2) is 6.07 Å². The van der Waals surface area contributed by atoms with E-state index in [-0.39, 0.29) is 0 Å². The summed E-state index contributed by atoms with van der Waals surface area (Å²) >= 11 is 0. The zero-order valence-electron chi connectivity index (χ0n) is 7.83. The van der Waals surface area contributed by atoms with E-state index in [1.165, 1.54) is 0 Å². The van der Waals surface area contributed by atoms with Crippen LogP contribution in [0.5, 0.6) is 0 Å². The highest BCUT2D eigenvalue weighted by atomic mass is 15.2. The monoisotopic (exact) mass is 168 g/mol. The van der Waals surface area contributed by atoms with Crippen molar-refractivity contribution in [2.75, 3.05) is 12.8 Å². The van der Waals surface area contributed by atoms with Gasteiger partial charge in [0.05, 0.1) is 5.69 Å². The van der Waals surface area contributed by atoms with Gasteiger partial charge in [-0.25, -0.2) is 0 Å². The fourth-order valence-corrected chi connectivity index (χ4v) is 0.912. The molecule has 0 radical (unpaired) electrons. The molecule has 0 saturated heterocycles. The van der Waals surface area contributed by atoms with E-state index in [0.29, 0.717) is 11.9 Å². The van der Waals surface area contributed by atoms with E-state index in [2.05, 4.69) is 36.0 Å². The van der Waals surface area contributed by atoms with E-state index in [1.54, 1.807) is 0 Å². The van der Waals surface area contributed by atoms with Crippen LogP contribution in [-0.2, 0) is 6.54 Å². The maximum Gasteiger partial charge on any atom is 0.145 e. The minimum Gasteiger partial charge on any atom is -0.382 e. The molecule has 1 aromatic heterocycles. The molecule has 3 N–H and O–H groups in total. The van der Waals surface area contributed by atoms with Gasteiger partial charge in [-0.15, -0.1) is 0 Å². The molecule has 4 nitrogen and oxygen atoms in total. The quantitative estimate of drug-likeness (QED) is 0.703. The van der Waals surface area contributed by atoms with Crippen molar-refractivity contribution in [2.24, 2.45) is 0 Å². The van der Waals surface area contributed by atoms with Gasteiger partial charge in [0.2, 0.25) is 0 Å². The van der Waals surface area contributed by atoms with E-state index in [0.717, 1.165) is 12.2 Å². The van der Waals surface area contributed by atoms with Gasteiger partial charge in [-0.05, 0) is 20.9 Å². The first-order valence-corrected chi connectivity index (χ1v) is 4.09. The predicted molar refractivity (Wildman–Crippen MR) is 49.6 cm³/mol. The third-order valence-corrected chi connectivity index (χ3v) is 1.95. The van der Waals surface area contributed by atoms with Crippen molar-refractivity contribution in [2.45, 2.75) is 26.4 Å². The second-order valence-corrected chi connectivity index (χ2v) is 3.33. The number of rotatable bonds is 3. The van der Waals surface area contributed by atoms with Crippen LogP contribution in [0.4, 0.5) is 5.82 Å². The number of aromatic nitrogens is 2. The lowest BCUT2D eigenvalue weighted by Crippen LogP contribution is -2.25. The van der Waals surface area contributed by atoms with Crippen LogP contribution in [0.25, 0.3) is 0 Å². The smallest absolute Gasteiger partial charge is 0.145 e. The number of hydrogen-bond donors (Lipinski definition) is 2. The van der Waals surface area contributed by atoms with Crippen molar-refractivity contribution in [1.29, 1.82) is 0 Å². The summed E-state index contributed by atoms with van der Waals surface area (Å²) < 4.78 is 0. The van der Waals surface area contributed by atoms with Gasteiger partial charge in [-0.2, -0.15) is 5.10 Å². The SMILES string of the molecule is CC(C)N(C)Cc1cc(N)n[nH]1. The molecule has 1 heterocycles. The second kappa shape index (κ2) is 3.58. The standard InChI is InChI=1S/C8H16N4/c1-6(2)12(3)5-7-4-8(9)11-10-7/h4,6H,5H2,1-3H3,(H3,9,10,11). The number of H-pyrrole nitrogens is 1. The Hall–Kier alpha value is -1.03. The maximum atomic E-state index is 5.47. The molecule has 0 fully saturated rings. The summed E-state index contributed by atoms with van der Waals surface area (Å²) in [7, 11) is 2.07. The van der Waals surface area contributed by atoms with Crippen LogP contribution in [0.1, 0.15) is 19.5 Å². The Balaban J connectivity index is 2.52. The highest BCUT2D eigenvalue weighted by Gasteiger charge is 2.05. The van der Waals surface area contributed by atoms with Gasteiger partial charge in [-0.3, -0.25) is 10.00 Å². The summed E-state index contributed by atoms with van der Waals surface area (Å²) in [5.41, 5.74) is 6.53. The van der Waals surface area contributed by atoms with Gasteiger partial charge in [0.25, 0.3) is 0 Å². The van der Waals surface area contributed by atoms with Crippen LogP contribution in [0, 0.1) is 0 Å². The van der Waals surface area contributed by atoms with Crippen molar-refractivity contribution in [1.82, 2.24) is 15.1 Å². The predicted octanol–water partition coefficient (Wildman–Crippen LogP) is 0.832. The van der Waals surface area contributed by atoms with Crippen molar-refractivity contribution in [3.05, 3.63) is 11.8 Å². The van der Waals surface area contributed by atoms with Crippen molar-refractivity contribution in [3.63, 3.8) is 0 Å². The van der Waals surface area contributed by atoms with Gasteiger partial charge < -0.3 is 5.73 Å². The third-order valence-electron chi connectivity index (χ3n) is 1.95. The Morgan fingerprint density at radius 3 is 2.75 bits per heavy atom. The molecular formula is C8H16N4. The lowest BCUT2D eigenvalue weighted by Gasteiger charge is -2.19. The van der Waals surface area contributed by atoms with Crippen LogP contribution in [0.3, 0.4) is 0 Å². The van der Waals surface area contributed by atoms with E-state index >= 15 is 0 Å². The molecule has 0 saturated carbocycles. The van der Waals surface area contributed by atoms with E-state index in [9.17, 15) is 0 Å². The molecule has 0 aliphatic heterocycles. The van der Waals surface area contributed by atoms with Gasteiger partial charge >= 0.3 is 0 Å². The fourth-order valence-electron chi connectivity index (χ4n) is 0.912. The van der Waals surface area contributed by atoms with Crippen molar-refractivity contribution >= 4 is 5.82 Å². The molecule has 4 heteroatoms. The summed E-state index contributed by atoms with van der Waals surface area (Å²) in [4.78, 5) is 2.22. The average Bonchev–Trinajstić information content (AvgIpc) is 2.35. The van der Waals surface area contributed by atoms with Gasteiger partial charge in [-0.1, -0.05) is 0 Å². The molecule has 0 bridgehead atoms. The summed E-state index contributed by atoms with van der Waals surface area (Å²) in [5.74, 6) is 0.558. The Labute approximate surface area is 72.8 Å². The van der Waals surface area contributed by atoms with Crippen LogP contribution >= 0.6 is 0 Å². The average molecular weight is 168 g/mol. The third kappa shape index (κ3) is 2.23. The molecular weight excluding hydrogens is 152 g/mol. The number of aromatic amines is 1. The molecule has 0 aliphatic rings. The topological polar surface area (TPSA) is 57.9 Å². The molecule has 0 spiro atoms. The molecule has 0 atom stereocenters. The lowest BCUT2D eigenvalue weighted by molar-refractivity contribution is 0.262. The summed E-state index contributed by atoms with van der Waals surface area (Å²) in [6, 6.07) is 2.40. The Kier molecular flexibility index (Phi) is 2.70. The van der Waals surface area contributed by atoms with Gasteiger partial charge in [0.15, 0.2) is 0 Å². The summed E-state index contributed by atoms with van der Waals surface area (Å²) in [6.07, 6.45) is 0. The van der Waals surface area contributed by atoms with E-state index in [1.807, 2.05) is 6.07 Å². The molecule has 0 unspecified atom stereocenters. The zero-order chi connectivity index (χ0) is 9.14. The Bertz CT molecular complexity index is 241. The number of nitrogens with one attached hydrogen (secondary N) is 1. The Morgan fingerprint density at radius 1 is 1.67 bits per heavy atom. The number of nitrogens with zero attached hydrogens (tertiary/aromatic N) is 2. The number of nitrogen functional groups attached to an aromatic ring is 1. The van der Waals surface area contributed by atoms with Crippen molar-refractivity contribution < 1.29 is 0 Å². The fraction of sp³-hybridized carbons (Fsp3) is 0.625. The largest absolute Gasteiger partial charge is 0.382 e. The van der Waals surface area contributed by atoms with Crippen LogP contribution in [0.2, 0.25) is 0 Å². The first kappa shape index (κ1) is 9.06. The minimum atomic E-state index is 0.537. The van der Waals surface area contributed by atoms with Gasteiger partial charge in [0, 0.05) is 18.7 Å². The molecule has 68 valence electrons. The zero-order valence-corrected chi connectivity index (χ0v) is 7.83. The molecule has 0 aliphatic carbocycles. The van der Waals surface area contributed by atoms with Crippen molar-refractivity contribution in [3.8, 4) is 0 Å². The molecule has 0 amide bonds. The number of anilines is 1. The number of nitrogens with two attached hydrogens (primary N) is 1. The minimum absolute atomic E-state index is 0.537. The van der Waals surface area contributed by atoms with Crippen LogP contribution in [-0.4, -0.2) is 28.2 Å². The van der Waals surface area contributed by atoms with Crippen LogP contribution < -0.4 is 5.73 Å². The molecule has 1 aromatic rings. The highest BCUT2D eigenvalue weighted by Crippen LogP contribution is 2.05. The second-order valence-electron chi connectivity index (χ2n) is 3.33. The lowest BCUT2D eigenvalue weighted by atomic mass is 10.3. The Morgan fingerprint density at radius 2 is 2.33 bits per heavy atom. The molecule has 1 rings (SSSR count). The first-order chi connectivity index (χ1) is 5.59. The van der Waals surface area contributed by atoms with E-state index < -0.39 is 0 Å². The normalized spacial score (nSPS) is 11.4. The molecule has 0 aromatic carbocycles. The highest BCUT2D eigenvalue weighted by molar-refractivity contribution is 5.28. The molecule has 12 heavy (non-hydrogen) atoms. The summed E-state index contributed by atoms with van der Waals surface area (Å²) in [6.45, 7) is 5.17.